The highest BCUT2D eigenvalue weighted by Gasteiger charge is 1.86. The molecule has 0 rings (SSSR count). The molecule has 0 saturated carbocycles. The van der Waals surface area contributed by atoms with Gasteiger partial charge < -0.3 is 10.1 Å². The average molecular weight is 147 g/mol. The lowest BCUT2D eigenvalue weighted by Gasteiger charge is -1.94. The van der Waals surface area contributed by atoms with Gasteiger partial charge in [-0.2, -0.15) is 0 Å². The largest absolute Gasteiger partial charge is 0.311 e. The third-order valence-electron chi connectivity index (χ3n) is 0.659. The number of likely N-dealkylation sites (N-methyl/N-ethyl adjacent to an activating group) is 1. The molecule has 0 bridgehead atoms. The van der Waals surface area contributed by atoms with Crippen molar-refractivity contribution in [2.75, 3.05) is 7.05 Å². The third-order valence-corrected chi connectivity index (χ3v) is 0.659. The Balaban J connectivity index is -0.000000105. The standard InChI is InChI=1S/C4H9NO.2C2H6/c1-4(3-6)5-2;2*1-2/h3-5H,1-2H3;2*1-2H3. The van der Waals surface area contributed by atoms with Crippen LogP contribution in [0.2, 0.25) is 0 Å². The molecular formula is C8H21NO. The Hall–Kier alpha value is -0.370. The van der Waals surface area contributed by atoms with Crippen LogP contribution in [0.5, 0.6) is 0 Å². The van der Waals surface area contributed by atoms with Crippen molar-refractivity contribution in [2.24, 2.45) is 0 Å². The van der Waals surface area contributed by atoms with E-state index in [0.29, 0.717) is 0 Å². The first kappa shape index (κ1) is 16.3. The number of rotatable bonds is 2. The lowest BCUT2D eigenvalue weighted by atomic mass is 10.4. The normalized spacial score (nSPS) is 9.40. The van der Waals surface area contributed by atoms with Gasteiger partial charge in [0, 0.05) is 0 Å². The van der Waals surface area contributed by atoms with E-state index in [9.17, 15) is 4.79 Å². The SMILES string of the molecule is CC.CC.CNC(C)C=O. The van der Waals surface area contributed by atoms with E-state index in [1.54, 1.807) is 14.0 Å². The molecule has 10 heavy (non-hydrogen) atoms. The number of carbonyl (C=O) groups is 1. The number of hydrogen-bond donors (Lipinski definition) is 1. The minimum Gasteiger partial charge on any atom is -0.311 e. The van der Waals surface area contributed by atoms with E-state index < -0.39 is 0 Å². The molecule has 0 aliphatic carbocycles. The molecular weight excluding hydrogens is 126 g/mol. The maximum absolute atomic E-state index is 9.67. The van der Waals surface area contributed by atoms with Gasteiger partial charge in [0.25, 0.3) is 0 Å². The van der Waals surface area contributed by atoms with Crippen LogP contribution in [0.4, 0.5) is 0 Å². The fourth-order valence-corrected chi connectivity index (χ4v) is 0.0680. The molecule has 0 radical (unpaired) electrons. The lowest BCUT2D eigenvalue weighted by molar-refractivity contribution is -0.109. The molecule has 2 nitrogen and oxygen atoms in total. The number of carbonyl (C=O) groups excluding carboxylic acids is 1. The van der Waals surface area contributed by atoms with Gasteiger partial charge in [-0.15, -0.1) is 0 Å². The Morgan fingerprint density at radius 3 is 1.50 bits per heavy atom. The molecule has 1 atom stereocenters. The Morgan fingerprint density at radius 2 is 1.50 bits per heavy atom. The van der Waals surface area contributed by atoms with Crippen LogP contribution in [0.3, 0.4) is 0 Å². The first-order valence-corrected chi connectivity index (χ1v) is 3.94. The summed E-state index contributed by atoms with van der Waals surface area (Å²) >= 11 is 0. The van der Waals surface area contributed by atoms with Crippen molar-refractivity contribution in [3.05, 3.63) is 0 Å². The van der Waals surface area contributed by atoms with Crippen molar-refractivity contribution >= 4 is 6.29 Å². The molecule has 64 valence electrons. The second-order valence-corrected chi connectivity index (χ2v) is 1.21. The molecule has 0 fully saturated rings. The minimum atomic E-state index is 0.00463. The summed E-state index contributed by atoms with van der Waals surface area (Å²) in [5.41, 5.74) is 0. The van der Waals surface area contributed by atoms with E-state index >= 15 is 0 Å². The van der Waals surface area contributed by atoms with Gasteiger partial charge in [0.15, 0.2) is 0 Å². The molecule has 2 heteroatoms. The zero-order valence-corrected chi connectivity index (χ0v) is 8.06. The van der Waals surface area contributed by atoms with E-state index in [-0.39, 0.29) is 6.04 Å². The highest BCUT2D eigenvalue weighted by Crippen LogP contribution is 1.64. The van der Waals surface area contributed by atoms with Crippen LogP contribution in [0, 0.1) is 0 Å². The van der Waals surface area contributed by atoms with Gasteiger partial charge in [0.2, 0.25) is 0 Å². The van der Waals surface area contributed by atoms with Gasteiger partial charge in [-0.1, -0.05) is 27.7 Å². The molecule has 0 aromatic heterocycles. The fourth-order valence-electron chi connectivity index (χ4n) is 0.0680. The summed E-state index contributed by atoms with van der Waals surface area (Å²) in [7, 11) is 1.75. The molecule has 0 heterocycles. The topological polar surface area (TPSA) is 29.1 Å². The van der Waals surface area contributed by atoms with Crippen LogP contribution in [-0.4, -0.2) is 19.4 Å². The molecule has 0 spiro atoms. The van der Waals surface area contributed by atoms with E-state index in [1.807, 2.05) is 27.7 Å². The third kappa shape index (κ3) is 25.5. The molecule has 0 aromatic rings. The van der Waals surface area contributed by atoms with Gasteiger partial charge >= 0.3 is 0 Å². The van der Waals surface area contributed by atoms with E-state index in [2.05, 4.69) is 5.32 Å². The Kier molecular flexibility index (Phi) is 38.2. The van der Waals surface area contributed by atoms with Crippen molar-refractivity contribution < 1.29 is 4.79 Å². The van der Waals surface area contributed by atoms with Gasteiger partial charge in [0.1, 0.15) is 6.29 Å². The lowest BCUT2D eigenvalue weighted by Crippen LogP contribution is -2.21. The number of hydrogen-bond acceptors (Lipinski definition) is 2. The van der Waals surface area contributed by atoms with Crippen LogP contribution in [0.25, 0.3) is 0 Å². The second kappa shape index (κ2) is 23.4. The summed E-state index contributed by atoms with van der Waals surface area (Å²) in [6, 6.07) is 0.00463. The second-order valence-electron chi connectivity index (χ2n) is 1.21. The first-order chi connectivity index (χ1) is 4.81. The van der Waals surface area contributed by atoms with Gasteiger partial charge in [-0.05, 0) is 14.0 Å². The van der Waals surface area contributed by atoms with Crippen LogP contribution in [0.15, 0.2) is 0 Å². The highest BCUT2D eigenvalue weighted by atomic mass is 16.1. The van der Waals surface area contributed by atoms with Gasteiger partial charge in [-0.3, -0.25) is 0 Å². The summed E-state index contributed by atoms with van der Waals surface area (Å²) < 4.78 is 0. The maximum Gasteiger partial charge on any atom is 0.136 e. The summed E-state index contributed by atoms with van der Waals surface area (Å²) in [5.74, 6) is 0. The van der Waals surface area contributed by atoms with Crippen LogP contribution in [0.1, 0.15) is 34.6 Å². The first-order valence-electron chi connectivity index (χ1n) is 3.94. The highest BCUT2D eigenvalue weighted by molar-refractivity contribution is 5.56. The van der Waals surface area contributed by atoms with E-state index in [0.717, 1.165) is 6.29 Å². The molecule has 0 aliphatic rings. The monoisotopic (exact) mass is 147 g/mol. The molecule has 0 saturated heterocycles. The van der Waals surface area contributed by atoms with Crippen molar-refractivity contribution in [1.82, 2.24) is 5.32 Å². The Bertz CT molecular complexity index is 46.5. The quantitative estimate of drug-likeness (QED) is 0.604. The van der Waals surface area contributed by atoms with Crippen molar-refractivity contribution in [1.29, 1.82) is 0 Å². The van der Waals surface area contributed by atoms with Crippen molar-refractivity contribution in [3.8, 4) is 0 Å². The van der Waals surface area contributed by atoms with Crippen LogP contribution >= 0.6 is 0 Å². The molecule has 1 unspecified atom stereocenters. The Morgan fingerprint density at radius 1 is 1.20 bits per heavy atom. The fraction of sp³-hybridized carbons (Fsp3) is 0.875. The van der Waals surface area contributed by atoms with E-state index in [4.69, 9.17) is 0 Å². The Labute approximate surface area is 65.0 Å². The van der Waals surface area contributed by atoms with Crippen LogP contribution in [-0.2, 0) is 4.79 Å². The van der Waals surface area contributed by atoms with Crippen LogP contribution < -0.4 is 5.32 Å². The molecule has 0 aromatic carbocycles. The molecule has 0 amide bonds. The maximum atomic E-state index is 9.67. The zero-order valence-electron chi connectivity index (χ0n) is 8.06. The number of aldehydes is 1. The summed E-state index contributed by atoms with van der Waals surface area (Å²) in [6.45, 7) is 9.80. The zero-order chi connectivity index (χ0) is 8.99. The van der Waals surface area contributed by atoms with Crippen molar-refractivity contribution in [3.63, 3.8) is 0 Å². The smallest absolute Gasteiger partial charge is 0.136 e. The van der Waals surface area contributed by atoms with Crippen molar-refractivity contribution in [2.45, 2.75) is 40.7 Å². The predicted molar refractivity (Wildman–Crippen MR) is 47.3 cm³/mol. The molecule has 1 N–H and O–H groups in total. The average Bonchev–Trinajstić information content (AvgIpc) is 2.10. The summed E-state index contributed by atoms with van der Waals surface area (Å²) in [6.07, 6.45) is 0.861. The van der Waals surface area contributed by atoms with Gasteiger partial charge in [-0.25, -0.2) is 0 Å². The predicted octanol–water partition coefficient (Wildman–Crippen LogP) is 1.85. The summed E-state index contributed by atoms with van der Waals surface area (Å²) in [5, 5.41) is 2.75. The molecule has 0 aliphatic heterocycles. The minimum absolute atomic E-state index is 0.00463. The van der Waals surface area contributed by atoms with Gasteiger partial charge in [0.05, 0.1) is 6.04 Å². The number of nitrogens with one attached hydrogen (secondary N) is 1. The summed E-state index contributed by atoms with van der Waals surface area (Å²) in [4.78, 5) is 9.67. The van der Waals surface area contributed by atoms with E-state index in [1.165, 1.54) is 0 Å².